The Morgan fingerprint density at radius 1 is 1.10 bits per heavy atom. The SMILES string of the molecule is CCOC(=O)C1=C(COC(=O)c2cc(=O)c3ccccc3o2)NC(=O)N[C@@H]1CC. The topological polar surface area (TPSA) is 124 Å². The monoisotopic (exact) mass is 400 g/mol. The Hall–Kier alpha value is -3.62. The number of carbonyl (C=O) groups is 3. The van der Waals surface area contributed by atoms with Gasteiger partial charge in [-0.2, -0.15) is 0 Å². The number of esters is 2. The molecule has 0 saturated carbocycles. The molecule has 1 atom stereocenters. The zero-order valence-corrected chi connectivity index (χ0v) is 15.9. The molecule has 0 radical (unpaired) electrons. The van der Waals surface area contributed by atoms with Crippen molar-refractivity contribution in [1.82, 2.24) is 10.6 Å². The van der Waals surface area contributed by atoms with Gasteiger partial charge in [0.25, 0.3) is 0 Å². The number of fused-ring (bicyclic) bond motifs is 1. The highest BCUT2D eigenvalue weighted by Gasteiger charge is 2.32. The first kappa shape index (κ1) is 20.1. The maximum absolute atomic E-state index is 12.4. The number of hydrogen-bond acceptors (Lipinski definition) is 7. The third-order valence-electron chi connectivity index (χ3n) is 4.33. The Morgan fingerprint density at radius 2 is 1.86 bits per heavy atom. The molecule has 1 aliphatic rings. The molecule has 1 aromatic carbocycles. The van der Waals surface area contributed by atoms with Gasteiger partial charge in [-0.05, 0) is 25.5 Å². The molecule has 0 unspecified atom stereocenters. The zero-order chi connectivity index (χ0) is 21.0. The Balaban J connectivity index is 1.85. The van der Waals surface area contributed by atoms with E-state index < -0.39 is 30.6 Å². The fourth-order valence-corrected chi connectivity index (χ4v) is 2.99. The summed E-state index contributed by atoms with van der Waals surface area (Å²) in [4.78, 5) is 48.7. The lowest BCUT2D eigenvalue weighted by atomic mass is 10.0. The summed E-state index contributed by atoms with van der Waals surface area (Å²) in [6.45, 7) is 3.22. The van der Waals surface area contributed by atoms with Gasteiger partial charge in [0.1, 0.15) is 12.2 Å². The van der Waals surface area contributed by atoms with Crippen molar-refractivity contribution in [2.24, 2.45) is 0 Å². The minimum absolute atomic E-state index is 0.121. The average molecular weight is 400 g/mol. The summed E-state index contributed by atoms with van der Waals surface area (Å²) in [5.41, 5.74) is 0.170. The van der Waals surface area contributed by atoms with Crippen LogP contribution in [-0.2, 0) is 14.3 Å². The Kier molecular flexibility index (Phi) is 5.96. The van der Waals surface area contributed by atoms with E-state index >= 15 is 0 Å². The molecule has 2 amide bonds. The lowest BCUT2D eigenvalue weighted by Crippen LogP contribution is -2.51. The highest BCUT2D eigenvalue weighted by molar-refractivity contribution is 5.95. The van der Waals surface area contributed by atoms with Gasteiger partial charge in [0.2, 0.25) is 5.76 Å². The van der Waals surface area contributed by atoms with Crippen LogP contribution in [0.15, 0.2) is 50.8 Å². The van der Waals surface area contributed by atoms with E-state index in [4.69, 9.17) is 13.9 Å². The molecule has 0 fully saturated rings. The fourth-order valence-electron chi connectivity index (χ4n) is 2.99. The van der Waals surface area contributed by atoms with Crippen LogP contribution in [0.1, 0.15) is 30.8 Å². The number of nitrogens with one attached hydrogen (secondary N) is 2. The van der Waals surface area contributed by atoms with E-state index in [9.17, 15) is 19.2 Å². The van der Waals surface area contributed by atoms with E-state index in [2.05, 4.69) is 10.6 Å². The van der Waals surface area contributed by atoms with Crippen LogP contribution in [0.5, 0.6) is 0 Å². The lowest BCUT2D eigenvalue weighted by Gasteiger charge is -2.28. The second kappa shape index (κ2) is 8.59. The van der Waals surface area contributed by atoms with E-state index in [1.165, 1.54) is 0 Å². The van der Waals surface area contributed by atoms with E-state index in [1.807, 2.05) is 0 Å². The first-order valence-electron chi connectivity index (χ1n) is 9.12. The van der Waals surface area contributed by atoms with Crippen molar-refractivity contribution in [3.8, 4) is 0 Å². The molecule has 29 heavy (non-hydrogen) atoms. The molecule has 2 N–H and O–H groups in total. The van der Waals surface area contributed by atoms with Gasteiger partial charge in [0.05, 0.1) is 29.3 Å². The molecule has 1 aliphatic heterocycles. The molecule has 0 spiro atoms. The maximum atomic E-state index is 12.4. The van der Waals surface area contributed by atoms with Crippen molar-refractivity contribution >= 4 is 28.9 Å². The molecule has 0 saturated heterocycles. The van der Waals surface area contributed by atoms with Crippen molar-refractivity contribution in [3.63, 3.8) is 0 Å². The Bertz CT molecular complexity index is 1050. The summed E-state index contributed by atoms with van der Waals surface area (Å²) in [6, 6.07) is 6.46. The van der Waals surface area contributed by atoms with Gasteiger partial charge < -0.3 is 24.5 Å². The van der Waals surface area contributed by atoms with E-state index in [0.29, 0.717) is 11.8 Å². The predicted octanol–water partition coefficient (Wildman–Crippen LogP) is 1.86. The average Bonchev–Trinajstić information content (AvgIpc) is 2.71. The summed E-state index contributed by atoms with van der Waals surface area (Å²) in [6.07, 6.45) is 0.443. The number of hydrogen-bond donors (Lipinski definition) is 2. The minimum Gasteiger partial charge on any atom is -0.463 e. The van der Waals surface area contributed by atoms with E-state index in [0.717, 1.165) is 6.07 Å². The van der Waals surface area contributed by atoms with Gasteiger partial charge in [0.15, 0.2) is 5.43 Å². The van der Waals surface area contributed by atoms with Crippen molar-refractivity contribution in [2.45, 2.75) is 26.3 Å². The van der Waals surface area contributed by atoms with Gasteiger partial charge in [-0.15, -0.1) is 0 Å². The van der Waals surface area contributed by atoms with Gasteiger partial charge in [-0.3, -0.25) is 4.79 Å². The molecule has 1 aromatic heterocycles. The number of carbonyl (C=O) groups excluding carboxylic acids is 3. The van der Waals surface area contributed by atoms with E-state index in [-0.39, 0.29) is 34.6 Å². The molecular weight excluding hydrogens is 380 g/mol. The maximum Gasteiger partial charge on any atom is 0.374 e. The van der Waals surface area contributed by atoms with E-state index in [1.54, 1.807) is 38.1 Å². The van der Waals surface area contributed by atoms with Crippen LogP contribution in [0.2, 0.25) is 0 Å². The number of rotatable bonds is 6. The third-order valence-corrected chi connectivity index (χ3v) is 4.33. The molecule has 9 nitrogen and oxygen atoms in total. The number of para-hydroxylation sites is 1. The quantitative estimate of drug-likeness (QED) is 0.709. The highest BCUT2D eigenvalue weighted by Crippen LogP contribution is 2.18. The largest absolute Gasteiger partial charge is 0.463 e. The van der Waals surface area contributed by atoms with Crippen LogP contribution in [0.25, 0.3) is 11.0 Å². The fraction of sp³-hybridized carbons (Fsp3) is 0.300. The smallest absolute Gasteiger partial charge is 0.374 e. The van der Waals surface area contributed by atoms with Crippen molar-refractivity contribution in [3.05, 3.63) is 57.6 Å². The summed E-state index contributed by atoms with van der Waals surface area (Å²) >= 11 is 0. The minimum atomic E-state index is -0.899. The van der Waals surface area contributed by atoms with Crippen LogP contribution < -0.4 is 16.1 Å². The number of amides is 2. The van der Waals surface area contributed by atoms with Crippen LogP contribution in [-0.4, -0.2) is 37.2 Å². The Morgan fingerprint density at radius 3 is 2.59 bits per heavy atom. The summed E-state index contributed by atoms with van der Waals surface area (Å²) < 4.78 is 15.7. The van der Waals surface area contributed by atoms with Crippen LogP contribution in [0.3, 0.4) is 0 Å². The predicted molar refractivity (Wildman–Crippen MR) is 102 cm³/mol. The number of benzene rings is 1. The van der Waals surface area contributed by atoms with Gasteiger partial charge in [0, 0.05) is 6.07 Å². The van der Waals surface area contributed by atoms with Crippen molar-refractivity contribution in [2.75, 3.05) is 13.2 Å². The molecule has 9 heteroatoms. The molecule has 0 aliphatic carbocycles. The van der Waals surface area contributed by atoms with Gasteiger partial charge >= 0.3 is 18.0 Å². The van der Waals surface area contributed by atoms with Crippen LogP contribution in [0.4, 0.5) is 4.79 Å². The second-order valence-electron chi connectivity index (χ2n) is 6.22. The van der Waals surface area contributed by atoms with Gasteiger partial charge in [-0.25, -0.2) is 14.4 Å². The molecule has 152 valence electrons. The lowest BCUT2D eigenvalue weighted by molar-refractivity contribution is -0.139. The highest BCUT2D eigenvalue weighted by atomic mass is 16.5. The molecular formula is C20H20N2O7. The molecule has 2 aromatic rings. The molecule has 3 rings (SSSR count). The van der Waals surface area contributed by atoms with Crippen molar-refractivity contribution < 1.29 is 28.3 Å². The third kappa shape index (κ3) is 4.29. The summed E-state index contributed by atoms with van der Waals surface area (Å²) in [5, 5.41) is 5.44. The standard InChI is InChI=1S/C20H20N2O7/c1-3-12-17(19(25)27-4-2)13(22-20(26)21-12)10-28-18(24)16-9-14(23)11-7-5-6-8-15(11)29-16/h5-9,12H,3-4,10H2,1-2H3,(H2,21,22,26)/t12-/m1/s1. The summed E-state index contributed by atoms with van der Waals surface area (Å²) in [7, 11) is 0. The number of urea groups is 1. The number of ether oxygens (including phenoxy) is 2. The molecule has 0 bridgehead atoms. The Labute approximate surface area is 165 Å². The zero-order valence-electron chi connectivity index (χ0n) is 15.9. The summed E-state index contributed by atoms with van der Waals surface area (Å²) in [5.74, 6) is -1.79. The first-order valence-corrected chi connectivity index (χ1v) is 9.12. The normalized spacial score (nSPS) is 16.2. The first-order chi connectivity index (χ1) is 13.9. The van der Waals surface area contributed by atoms with Crippen LogP contribution >= 0.6 is 0 Å². The van der Waals surface area contributed by atoms with Gasteiger partial charge in [-0.1, -0.05) is 19.1 Å². The van der Waals surface area contributed by atoms with Crippen LogP contribution in [0, 0.1) is 0 Å². The second-order valence-corrected chi connectivity index (χ2v) is 6.22. The van der Waals surface area contributed by atoms with Crippen molar-refractivity contribution in [1.29, 1.82) is 0 Å². The molecule has 2 heterocycles.